The van der Waals surface area contributed by atoms with E-state index >= 15 is 0 Å². The Hall–Kier alpha value is -1.10. The summed E-state index contributed by atoms with van der Waals surface area (Å²) in [7, 11) is 1.94. The number of halogens is 1. The van der Waals surface area contributed by atoms with E-state index in [1.165, 1.54) is 4.88 Å². The Morgan fingerprint density at radius 1 is 1.42 bits per heavy atom. The summed E-state index contributed by atoms with van der Waals surface area (Å²) in [5.74, 6) is 0.886. The quantitative estimate of drug-likeness (QED) is 0.886. The molecule has 0 bridgehead atoms. The minimum Gasteiger partial charge on any atom is -0.493 e. The number of benzene rings is 1. The van der Waals surface area contributed by atoms with Crippen LogP contribution < -0.4 is 10.1 Å². The lowest BCUT2D eigenvalue weighted by Crippen LogP contribution is -2.02. The number of ether oxygens (including phenoxy) is 1. The van der Waals surface area contributed by atoms with E-state index < -0.39 is 0 Å². The molecule has 102 valence electrons. The number of hydrogen-bond donors (Lipinski definition) is 1. The van der Waals surface area contributed by atoms with Crippen LogP contribution in [0.25, 0.3) is 0 Å². The van der Waals surface area contributed by atoms with Crippen molar-refractivity contribution in [3.8, 4) is 5.75 Å². The zero-order valence-electron chi connectivity index (χ0n) is 11.1. The Morgan fingerprint density at radius 3 is 3.00 bits per heavy atom. The van der Waals surface area contributed by atoms with E-state index in [2.05, 4.69) is 10.3 Å². The van der Waals surface area contributed by atoms with Crippen LogP contribution >= 0.6 is 22.9 Å². The molecule has 2 aromatic rings. The standard InChI is InChI=1S/C14H17ClN2OS/c1-10-7-11(15)3-4-13(10)18-6-5-14-17-9-12(19-14)8-16-2/h3-4,7,9,16H,5-6,8H2,1-2H3. The van der Waals surface area contributed by atoms with E-state index in [9.17, 15) is 0 Å². The minimum absolute atomic E-state index is 0.634. The first-order valence-corrected chi connectivity index (χ1v) is 7.35. The molecule has 0 spiro atoms. The lowest BCUT2D eigenvalue weighted by atomic mass is 10.2. The lowest BCUT2D eigenvalue weighted by molar-refractivity contribution is 0.319. The van der Waals surface area contributed by atoms with Crippen LogP contribution in [0.4, 0.5) is 0 Å². The molecule has 0 aliphatic rings. The minimum atomic E-state index is 0.634. The van der Waals surface area contributed by atoms with Crippen molar-refractivity contribution < 1.29 is 4.74 Å². The van der Waals surface area contributed by atoms with E-state index in [1.807, 2.05) is 38.4 Å². The molecule has 1 aromatic heterocycles. The number of aryl methyl sites for hydroxylation is 1. The van der Waals surface area contributed by atoms with Gasteiger partial charge in [0.25, 0.3) is 0 Å². The van der Waals surface area contributed by atoms with Crippen LogP contribution in [-0.4, -0.2) is 18.6 Å². The highest BCUT2D eigenvalue weighted by Gasteiger charge is 2.04. The van der Waals surface area contributed by atoms with Gasteiger partial charge in [0, 0.05) is 29.1 Å². The van der Waals surface area contributed by atoms with E-state index in [-0.39, 0.29) is 0 Å². The van der Waals surface area contributed by atoms with Gasteiger partial charge in [-0.1, -0.05) is 11.6 Å². The van der Waals surface area contributed by atoms with Gasteiger partial charge in [0.2, 0.25) is 0 Å². The highest BCUT2D eigenvalue weighted by atomic mass is 35.5. The van der Waals surface area contributed by atoms with Crippen molar-refractivity contribution in [3.05, 3.63) is 44.9 Å². The second-order valence-electron chi connectivity index (χ2n) is 4.26. The third-order valence-corrected chi connectivity index (χ3v) is 3.96. The van der Waals surface area contributed by atoms with Crippen molar-refractivity contribution in [2.75, 3.05) is 13.7 Å². The summed E-state index contributed by atoms with van der Waals surface area (Å²) < 4.78 is 5.76. The predicted molar refractivity (Wildman–Crippen MR) is 80.3 cm³/mol. The molecule has 0 saturated heterocycles. The maximum absolute atomic E-state index is 5.91. The first-order valence-electron chi connectivity index (χ1n) is 6.16. The SMILES string of the molecule is CNCc1cnc(CCOc2ccc(Cl)cc2C)s1. The highest BCUT2D eigenvalue weighted by Crippen LogP contribution is 2.22. The summed E-state index contributed by atoms with van der Waals surface area (Å²) in [5.41, 5.74) is 1.06. The molecule has 0 amide bonds. The molecule has 0 saturated carbocycles. The van der Waals surface area contributed by atoms with Gasteiger partial charge in [-0.25, -0.2) is 4.98 Å². The van der Waals surface area contributed by atoms with Crippen molar-refractivity contribution in [1.82, 2.24) is 10.3 Å². The second kappa shape index (κ2) is 6.89. The smallest absolute Gasteiger partial charge is 0.122 e. The number of nitrogens with zero attached hydrogens (tertiary/aromatic N) is 1. The molecule has 2 rings (SSSR count). The van der Waals surface area contributed by atoms with Gasteiger partial charge in [0.1, 0.15) is 5.75 Å². The Bertz CT molecular complexity index is 542. The van der Waals surface area contributed by atoms with Crippen molar-refractivity contribution in [2.24, 2.45) is 0 Å². The van der Waals surface area contributed by atoms with Gasteiger partial charge < -0.3 is 10.1 Å². The van der Waals surface area contributed by atoms with Gasteiger partial charge in [-0.15, -0.1) is 11.3 Å². The molecule has 0 unspecified atom stereocenters. The van der Waals surface area contributed by atoms with Crippen LogP contribution in [-0.2, 0) is 13.0 Å². The molecule has 0 fully saturated rings. The van der Waals surface area contributed by atoms with Gasteiger partial charge in [-0.2, -0.15) is 0 Å². The number of rotatable bonds is 6. The van der Waals surface area contributed by atoms with Crippen LogP contribution in [0.3, 0.4) is 0 Å². The molecule has 1 N–H and O–H groups in total. The molecule has 3 nitrogen and oxygen atoms in total. The van der Waals surface area contributed by atoms with Crippen molar-refractivity contribution in [3.63, 3.8) is 0 Å². The predicted octanol–water partition coefficient (Wildman–Crippen LogP) is 3.45. The highest BCUT2D eigenvalue weighted by molar-refractivity contribution is 7.11. The summed E-state index contributed by atoms with van der Waals surface area (Å²) in [6.45, 7) is 3.50. The fourth-order valence-electron chi connectivity index (χ4n) is 1.74. The van der Waals surface area contributed by atoms with Crippen molar-refractivity contribution >= 4 is 22.9 Å². The van der Waals surface area contributed by atoms with Gasteiger partial charge >= 0.3 is 0 Å². The van der Waals surface area contributed by atoms with Gasteiger partial charge in [-0.3, -0.25) is 0 Å². The third-order valence-electron chi connectivity index (χ3n) is 2.66. The first-order chi connectivity index (χ1) is 9.19. The van der Waals surface area contributed by atoms with Crippen LogP contribution in [0.15, 0.2) is 24.4 Å². The fourth-order valence-corrected chi connectivity index (χ4v) is 2.88. The number of aromatic nitrogens is 1. The Kier molecular flexibility index (Phi) is 5.19. The second-order valence-corrected chi connectivity index (χ2v) is 5.90. The third kappa shape index (κ3) is 4.20. The molecule has 0 aliphatic carbocycles. The summed E-state index contributed by atoms with van der Waals surface area (Å²) in [5, 5.41) is 4.96. The van der Waals surface area contributed by atoms with Gasteiger partial charge in [-0.05, 0) is 37.7 Å². The summed E-state index contributed by atoms with van der Waals surface area (Å²) in [6.07, 6.45) is 2.75. The number of hydrogen-bond acceptors (Lipinski definition) is 4. The maximum Gasteiger partial charge on any atom is 0.122 e. The topological polar surface area (TPSA) is 34.2 Å². The zero-order chi connectivity index (χ0) is 13.7. The van der Waals surface area contributed by atoms with Crippen LogP contribution in [0, 0.1) is 6.92 Å². The van der Waals surface area contributed by atoms with Crippen LogP contribution in [0.2, 0.25) is 5.02 Å². The van der Waals surface area contributed by atoms with Gasteiger partial charge in [0.15, 0.2) is 0 Å². The molecular weight excluding hydrogens is 280 g/mol. The maximum atomic E-state index is 5.91. The van der Waals surface area contributed by atoms with Gasteiger partial charge in [0.05, 0.1) is 11.6 Å². The summed E-state index contributed by atoms with van der Waals surface area (Å²) >= 11 is 7.63. The zero-order valence-corrected chi connectivity index (χ0v) is 12.6. The molecule has 0 atom stereocenters. The molecule has 19 heavy (non-hydrogen) atoms. The van der Waals surface area contributed by atoms with Crippen molar-refractivity contribution in [1.29, 1.82) is 0 Å². The Labute approximate surface area is 122 Å². The fraction of sp³-hybridized carbons (Fsp3) is 0.357. The van der Waals surface area contributed by atoms with E-state index in [0.717, 1.165) is 34.3 Å². The Balaban J connectivity index is 1.85. The molecular formula is C14H17ClN2OS. The Morgan fingerprint density at radius 2 is 2.26 bits per heavy atom. The summed E-state index contributed by atoms with van der Waals surface area (Å²) in [4.78, 5) is 5.63. The van der Waals surface area contributed by atoms with E-state index in [1.54, 1.807) is 11.3 Å². The molecule has 5 heteroatoms. The largest absolute Gasteiger partial charge is 0.493 e. The molecule has 0 aliphatic heterocycles. The first kappa shape index (κ1) is 14.3. The van der Waals surface area contributed by atoms with E-state index in [0.29, 0.717) is 6.61 Å². The van der Waals surface area contributed by atoms with E-state index in [4.69, 9.17) is 16.3 Å². The summed E-state index contributed by atoms with van der Waals surface area (Å²) in [6, 6.07) is 5.66. The lowest BCUT2D eigenvalue weighted by Gasteiger charge is -2.08. The monoisotopic (exact) mass is 296 g/mol. The number of nitrogens with one attached hydrogen (secondary N) is 1. The number of thiazole rings is 1. The average molecular weight is 297 g/mol. The normalized spacial score (nSPS) is 10.7. The molecule has 1 heterocycles. The molecule has 0 radical (unpaired) electrons. The molecule has 1 aromatic carbocycles. The van der Waals surface area contributed by atoms with Crippen LogP contribution in [0.1, 0.15) is 15.4 Å². The van der Waals surface area contributed by atoms with Crippen LogP contribution in [0.5, 0.6) is 5.75 Å². The van der Waals surface area contributed by atoms with Crippen molar-refractivity contribution in [2.45, 2.75) is 19.9 Å². The average Bonchev–Trinajstić information content (AvgIpc) is 2.80.